The van der Waals surface area contributed by atoms with Crippen LogP contribution in [0.5, 0.6) is 0 Å². The molecule has 0 heterocycles. The van der Waals surface area contributed by atoms with Gasteiger partial charge in [0.2, 0.25) is 23.6 Å². The van der Waals surface area contributed by atoms with E-state index < -0.39 is 30.1 Å². The lowest BCUT2D eigenvalue weighted by Crippen LogP contribution is -2.61. The summed E-state index contributed by atoms with van der Waals surface area (Å²) < 4.78 is 0. The Morgan fingerprint density at radius 2 is 1.18 bits per heavy atom. The van der Waals surface area contributed by atoms with Crippen molar-refractivity contribution in [3.05, 3.63) is 35.9 Å². The summed E-state index contributed by atoms with van der Waals surface area (Å²) in [6.45, 7) is 15.5. The van der Waals surface area contributed by atoms with Crippen LogP contribution in [0.4, 0.5) is 0 Å². The van der Waals surface area contributed by atoms with E-state index in [1.165, 1.54) is 4.90 Å². The monoisotopic (exact) mass is 545 g/mol. The molecule has 220 valence electrons. The van der Waals surface area contributed by atoms with Crippen LogP contribution in [0.1, 0.15) is 61.0 Å². The van der Waals surface area contributed by atoms with Crippen LogP contribution < -0.4 is 21.3 Å². The van der Waals surface area contributed by atoms with Crippen molar-refractivity contribution >= 4 is 23.6 Å². The summed E-state index contributed by atoms with van der Waals surface area (Å²) in [7, 11) is 3.31. The maximum absolute atomic E-state index is 13.7. The van der Waals surface area contributed by atoms with Crippen LogP contribution in [0.25, 0.3) is 0 Å². The van der Waals surface area contributed by atoms with E-state index in [2.05, 4.69) is 21.3 Å². The van der Waals surface area contributed by atoms with Gasteiger partial charge >= 0.3 is 0 Å². The van der Waals surface area contributed by atoms with Crippen molar-refractivity contribution in [1.82, 2.24) is 26.2 Å². The summed E-state index contributed by atoms with van der Waals surface area (Å²) >= 11 is 0. The van der Waals surface area contributed by atoms with Gasteiger partial charge in [0.05, 0.1) is 6.04 Å². The third-order valence-electron chi connectivity index (χ3n) is 6.96. The summed E-state index contributed by atoms with van der Waals surface area (Å²) in [4.78, 5) is 54.5. The molecule has 4 atom stereocenters. The Balaban J connectivity index is 2.99. The van der Waals surface area contributed by atoms with Crippen molar-refractivity contribution in [3.8, 4) is 0 Å². The summed E-state index contributed by atoms with van der Waals surface area (Å²) in [5.74, 6) is -1.80. The molecular formula is C30H51N5O4. The fraction of sp³-hybridized carbons (Fsp3) is 0.667. The largest absolute Gasteiger partial charge is 0.354 e. The highest BCUT2D eigenvalue weighted by Gasteiger charge is 2.37. The predicted molar refractivity (Wildman–Crippen MR) is 156 cm³/mol. The van der Waals surface area contributed by atoms with Gasteiger partial charge in [-0.15, -0.1) is 0 Å². The van der Waals surface area contributed by atoms with Gasteiger partial charge < -0.3 is 26.2 Å². The van der Waals surface area contributed by atoms with E-state index in [0.29, 0.717) is 13.0 Å². The van der Waals surface area contributed by atoms with Crippen molar-refractivity contribution in [2.24, 2.45) is 23.7 Å². The Hall–Kier alpha value is -2.94. The predicted octanol–water partition coefficient (Wildman–Crippen LogP) is 2.35. The molecule has 0 aliphatic heterocycles. The first-order chi connectivity index (χ1) is 18.2. The Labute approximate surface area is 235 Å². The summed E-state index contributed by atoms with van der Waals surface area (Å²) in [6, 6.07) is 7.06. The Bertz CT molecular complexity index is 933. The second-order valence-corrected chi connectivity index (χ2v) is 11.6. The normalized spacial score (nSPS) is 14.6. The standard InChI is InChI=1S/C30H51N5O4/c1-18(2)23(31-9)27(36)33-24(19(3)4)28(37)34-25(20(5)6)30(39)35(10)26(21(7)8)29(38)32-17-16-22-14-12-11-13-15-22/h11-15,18-21,23-26,31H,16-17H2,1-10H3,(H,32,38)(H,33,36)(H,34,37). The molecule has 0 bridgehead atoms. The molecule has 0 fully saturated rings. The number of benzene rings is 1. The minimum Gasteiger partial charge on any atom is -0.354 e. The number of nitrogens with zero attached hydrogens (tertiary/aromatic N) is 1. The third kappa shape index (κ3) is 10.3. The molecule has 4 unspecified atom stereocenters. The second kappa shape index (κ2) is 16.2. The molecule has 0 spiro atoms. The molecule has 0 aliphatic rings. The topological polar surface area (TPSA) is 120 Å². The van der Waals surface area contributed by atoms with Gasteiger partial charge in [0.25, 0.3) is 0 Å². The quantitative estimate of drug-likeness (QED) is 0.270. The minimum absolute atomic E-state index is 0.0383. The van der Waals surface area contributed by atoms with E-state index in [-0.39, 0.29) is 41.4 Å². The van der Waals surface area contributed by atoms with Crippen LogP contribution in [-0.4, -0.2) is 73.3 Å². The number of nitrogens with one attached hydrogen (secondary N) is 4. The highest BCUT2D eigenvalue weighted by molar-refractivity contribution is 5.95. The number of amides is 4. The molecular weight excluding hydrogens is 494 g/mol. The van der Waals surface area contributed by atoms with Crippen LogP contribution in [0.3, 0.4) is 0 Å². The number of carbonyl (C=O) groups excluding carboxylic acids is 4. The highest BCUT2D eigenvalue weighted by Crippen LogP contribution is 2.15. The summed E-state index contributed by atoms with van der Waals surface area (Å²) in [6.07, 6.45) is 0.688. The third-order valence-corrected chi connectivity index (χ3v) is 6.96. The first kappa shape index (κ1) is 34.1. The average molecular weight is 546 g/mol. The Morgan fingerprint density at radius 1 is 0.692 bits per heavy atom. The number of hydrogen-bond acceptors (Lipinski definition) is 5. The van der Waals surface area contributed by atoms with Crippen molar-refractivity contribution in [2.45, 2.75) is 86.0 Å². The maximum atomic E-state index is 13.7. The molecule has 9 heteroatoms. The van der Waals surface area contributed by atoms with Crippen molar-refractivity contribution in [2.75, 3.05) is 20.6 Å². The first-order valence-electron chi connectivity index (χ1n) is 14.1. The lowest BCUT2D eigenvalue weighted by atomic mass is 9.96. The zero-order valence-corrected chi connectivity index (χ0v) is 25.5. The molecule has 4 N–H and O–H groups in total. The molecule has 0 aliphatic carbocycles. The van der Waals surface area contributed by atoms with Crippen molar-refractivity contribution < 1.29 is 19.2 Å². The zero-order valence-electron chi connectivity index (χ0n) is 25.5. The molecule has 1 aromatic carbocycles. The smallest absolute Gasteiger partial charge is 0.245 e. The van der Waals surface area contributed by atoms with Gasteiger partial charge in [-0.05, 0) is 42.7 Å². The van der Waals surface area contributed by atoms with E-state index in [1.54, 1.807) is 14.1 Å². The van der Waals surface area contributed by atoms with Crippen LogP contribution in [0.15, 0.2) is 30.3 Å². The summed E-state index contributed by atoms with van der Waals surface area (Å²) in [5.41, 5.74) is 1.12. The van der Waals surface area contributed by atoms with Crippen LogP contribution in [0, 0.1) is 23.7 Å². The van der Waals surface area contributed by atoms with Gasteiger partial charge in [-0.25, -0.2) is 0 Å². The van der Waals surface area contributed by atoms with E-state index in [0.717, 1.165) is 5.56 Å². The lowest BCUT2D eigenvalue weighted by Gasteiger charge is -2.35. The number of likely N-dealkylation sites (N-methyl/N-ethyl adjacent to an activating group) is 2. The van der Waals surface area contributed by atoms with E-state index in [1.807, 2.05) is 85.7 Å². The average Bonchev–Trinajstić information content (AvgIpc) is 2.85. The van der Waals surface area contributed by atoms with Crippen LogP contribution in [0.2, 0.25) is 0 Å². The Morgan fingerprint density at radius 3 is 1.64 bits per heavy atom. The molecule has 0 saturated carbocycles. The maximum Gasteiger partial charge on any atom is 0.245 e. The molecule has 0 radical (unpaired) electrons. The second-order valence-electron chi connectivity index (χ2n) is 11.6. The minimum atomic E-state index is -0.857. The van der Waals surface area contributed by atoms with Crippen LogP contribution >= 0.6 is 0 Å². The number of carbonyl (C=O) groups is 4. The van der Waals surface area contributed by atoms with Gasteiger partial charge in [-0.1, -0.05) is 85.7 Å². The molecule has 9 nitrogen and oxygen atoms in total. The molecule has 4 amide bonds. The van der Waals surface area contributed by atoms with Crippen molar-refractivity contribution in [3.63, 3.8) is 0 Å². The summed E-state index contributed by atoms with van der Waals surface area (Å²) in [5, 5.41) is 11.7. The van der Waals surface area contributed by atoms with Gasteiger partial charge in [0.1, 0.15) is 18.1 Å². The molecule has 0 saturated heterocycles. The van der Waals surface area contributed by atoms with Gasteiger partial charge in [0, 0.05) is 13.6 Å². The fourth-order valence-corrected chi connectivity index (χ4v) is 4.66. The van der Waals surface area contributed by atoms with Gasteiger partial charge in [-0.2, -0.15) is 0 Å². The molecule has 1 rings (SSSR count). The van der Waals surface area contributed by atoms with Crippen molar-refractivity contribution in [1.29, 1.82) is 0 Å². The first-order valence-corrected chi connectivity index (χ1v) is 14.1. The van der Waals surface area contributed by atoms with E-state index in [9.17, 15) is 19.2 Å². The van der Waals surface area contributed by atoms with Crippen LogP contribution in [-0.2, 0) is 25.6 Å². The van der Waals surface area contributed by atoms with E-state index in [4.69, 9.17) is 0 Å². The Kier molecular flexibility index (Phi) is 14.2. The molecule has 1 aromatic rings. The fourth-order valence-electron chi connectivity index (χ4n) is 4.66. The number of hydrogen-bond donors (Lipinski definition) is 4. The highest BCUT2D eigenvalue weighted by atomic mass is 16.2. The SMILES string of the molecule is CNC(C(=O)NC(C(=O)NC(C(=O)N(C)C(C(=O)NCCc1ccccc1)C(C)C)C(C)C)C(C)C)C(C)C. The molecule has 0 aromatic heterocycles. The lowest BCUT2D eigenvalue weighted by molar-refractivity contribution is -0.144. The number of rotatable bonds is 15. The molecule has 39 heavy (non-hydrogen) atoms. The van der Waals surface area contributed by atoms with Gasteiger partial charge in [-0.3, -0.25) is 19.2 Å². The zero-order chi connectivity index (χ0) is 29.9. The van der Waals surface area contributed by atoms with Gasteiger partial charge in [0.15, 0.2) is 0 Å². The van der Waals surface area contributed by atoms with E-state index >= 15 is 0 Å².